The fraction of sp³-hybridized carbons (Fsp3) is 0.333. The van der Waals surface area contributed by atoms with Crippen LogP contribution in [-0.2, 0) is 11.2 Å². The minimum Gasteiger partial charge on any atom is -0.480 e. The number of nitrogens with one attached hydrogen (secondary N) is 1. The molecule has 1 fully saturated rings. The van der Waals surface area contributed by atoms with Gasteiger partial charge in [0.05, 0.1) is 0 Å². The predicted molar refractivity (Wildman–Crippen MR) is 110 cm³/mol. The van der Waals surface area contributed by atoms with E-state index in [1.165, 1.54) is 0 Å². The number of nitrogens with zero attached hydrogens (tertiary/aromatic N) is 1. The van der Waals surface area contributed by atoms with E-state index < -0.39 is 6.10 Å². The van der Waals surface area contributed by atoms with Crippen LogP contribution in [0.1, 0.15) is 28.8 Å². The van der Waals surface area contributed by atoms with Gasteiger partial charge in [-0.05, 0) is 42.7 Å². The molecule has 148 valence electrons. The Hall–Kier alpha value is -2.57. The van der Waals surface area contributed by atoms with Crippen LogP contribution in [0.15, 0.2) is 48.5 Å². The summed E-state index contributed by atoms with van der Waals surface area (Å²) in [4.78, 5) is 27.2. The lowest BCUT2D eigenvalue weighted by atomic mass is 10.1. The maximum absolute atomic E-state index is 12.8. The molecule has 0 bridgehead atoms. The molecular weight excluding hydrogens is 378 g/mol. The molecule has 2 aliphatic rings. The second-order valence-corrected chi connectivity index (χ2v) is 7.02. The van der Waals surface area contributed by atoms with Crippen LogP contribution < -0.4 is 15.8 Å². The van der Waals surface area contributed by atoms with Gasteiger partial charge in [-0.3, -0.25) is 9.59 Å². The number of carbonyl (C=O) groups is 2. The van der Waals surface area contributed by atoms with Gasteiger partial charge >= 0.3 is 0 Å². The van der Waals surface area contributed by atoms with Gasteiger partial charge in [-0.2, -0.15) is 0 Å². The molecular formula is C21H24ClN3O3. The number of hydrogen-bond donors (Lipinski definition) is 2. The number of likely N-dealkylation sites (tertiary alicyclic amines) is 1. The number of amides is 2. The number of halogens is 1. The Balaban J connectivity index is 0.00000225. The molecule has 0 aliphatic carbocycles. The number of benzene rings is 2. The molecule has 4 rings (SSSR count). The summed E-state index contributed by atoms with van der Waals surface area (Å²) in [5.41, 5.74) is 7.96. The van der Waals surface area contributed by atoms with Gasteiger partial charge in [0.25, 0.3) is 11.8 Å². The molecule has 2 amide bonds. The summed E-state index contributed by atoms with van der Waals surface area (Å²) in [6.07, 6.45) is 1.91. The Morgan fingerprint density at radius 1 is 1.18 bits per heavy atom. The van der Waals surface area contributed by atoms with Crippen LogP contribution in [0.3, 0.4) is 0 Å². The van der Waals surface area contributed by atoms with Crippen LogP contribution in [0.25, 0.3) is 0 Å². The molecule has 2 aromatic carbocycles. The molecule has 0 radical (unpaired) electrons. The number of rotatable bonds is 4. The van der Waals surface area contributed by atoms with Gasteiger partial charge in [-0.1, -0.05) is 24.3 Å². The topological polar surface area (TPSA) is 84.7 Å². The van der Waals surface area contributed by atoms with E-state index in [1.807, 2.05) is 29.2 Å². The van der Waals surface area contributed by atoms with E-state index in [1.54, 1.807) is 24.3 Å². The van der Waals surface area contributed by atoms with E-state index in [2.05, 4.69) is 5.32 Å². The van der Waals surface area contributed by atoms with Crippen molar-refractivity contribution < 1.29 is 14.3 Å². The molecule has 7 heteroatoms. The van der Waals surface area contributed by atoms with Crippen molar-refractivity contribution in [2.75, 3.05) is 18.4 Å². The molecule has 2 aromatic rings. The second kappa shape index (κ2) is 8.63. The van der Waals surface area contributed by atoms with Gasteiger partial charge in [0.1, 0.15) is 5.75 Å². The number of carbonyl (C=O) groups excluding carboxylic acids is 2. The number of ether oxygens (including phenoxy) is 1. The van der Waals surface area contributed by atoms with Crippen LogP contribution in [0, 0.1) is 0 Å². The molecule has 2 heterocycles. The highest BCUT2D eigenvalue weighted by atomic mass is 35.5. The summed E-state index contributed by atoms with van der Waals surface area (Å²) in [5, 5.41) is 2.87. The van der Waals surface area contributed by atoms with Gasteiger partial charge in [0.2, 0.25) is 0 Å². The Labute approximate surface area is 170 Å². The molecule has 2 unspecified atom stereocenters. The zero-order chi connectivity index (χ0) is 18.8. The number of hydrogen-bond acceptors (Lipinski definition) is 4. The minimum absolute atomic E-state index is 0. The van der Waals surface area contributed by atoms with Crippen molar-refractivity contribution in [3.63, 3.8) is 0 Å². The third kappa shape index (κ3) is 3.98. The molecule has 2 atom stereocenters. The Kier molecular flexibility index (Phi) is 6.21. The largest absolute Gasteiger partial charge is 0.480 e. The van der Waals surface area contributed by atoms with Crippen LogP contribution >= 0.6 is 12.4 Å². The Morgan fingerprint density at radius 2 is 2.00 bits per heavy atom. The summed E-state index contributed by atoms with van der Waals surface area (Å²) in [7, 11) is 0. The van der Waals surface area contributed by atoms with Gasteiger partial charge in [-0.25, -0.2) is 0 Å². The van der Waals surface area contributed by atoms with Gasteiger partial charge in [0, 0.05) is 36.8 Å². The van der Waals surface area contributed by atoms with E-state index in [9.17, 15) is 9.59 Å². The third-order valence-electron chi connectivity index (χ3n) is 5.23. The highest BCUT2D eigenvalue weighted by molar-refractivity contribution is 5.99. The van der Waals surface area contributed by atoms with Gasteiger partial charge in [0.15, 0.2) is 6.10 Å². The molecule has 6 nitrogen and oxygen atoms in total. The molecule has 2 aliphatic heterocycles. The van der Waals surface area contributed by atoms with Crippen LogP contribution in [0.2, 0.25) is 0 Å². The van der Waals surface area contributed by atoms with Crippen LogP contribution in [-0.4, -0.2) is 41.9 Å². The van der Waals surface area contributed by atoms with E-state index in [4.69, 9.17) is 10.5 Å². The Morgan fingerprint density at radius 3 is 2.79 bits per heavy atom. The summed E-state index contributed by atoms with van der Waals surface area (Å²) in [5.74, 6) is 0.504. The van der Waals surface area contributed by atoms with E-state index in [0.717, 1.165) is 30.7 Å². The van der Waals surface area contributed by atoms with Crippen molar-refractivity contribution in [3.05, 3.63) is 59.7 Å². The molecule has 0 saturated carbocycles. The first kappa shape index (κ1) is 20.2. The van der Waals surface area contributed by atoms with E-state index in [0.29, 0.717) is 24.2 Å². The van der Waals surface area contributed by atoms with E-state index in [-0.39, 0.29) is 30.3 Å². The normalized spacial score (nSPS) is 20.1. The maximum atomic E-state index is 12.8. The molecule has 0 aromatic heterocycles. The summed E-state index contributed by atoms with van der Waals surface area (Å²) in [6, 6.07) is 14.8. The second-order valence-electron chi connectivity index (χ2n) is 7.02. The monoisotopic (exact) mass is 401 g/mol. The van der Waals surface area contributed by atoms with Crippen molar-refractivity contribution in [3.8, 4) is 5.75 Å². The minimum atomic E-state index is -0.554. The lowest BCUT2D eigenvalue weighted by Gasteiger charge is -2.23. The van der Waals surface area contributed by atoms with Crippen LogP contribution in [0.5, 0.6) is 5.75 Å². The first-order valence-electron chi connectivity index (χ1n) is 9.32. The predicted octanol–water partition coefficient (Wildman–Crippen LogP) is 2.61. The average molecular weight is 402 g/mol. The first-order valence-corrected chi connectivity index (χ1v) is 9.32. The summed E-state index contributed by atoms with van der Waals surface area (Å²) in [6.45, 7) is 1.20. The van der Waals surface area contributed by atoms with Gasteiger partial charge in [-0.15, -0.1) is 12.4 Å². The van der Waals surface area contributed by atoms with E-state index >= 15 is 0 Å². The van der Waals surface area contributed by atoms with Crippen molar-refractivity contribution in [2.24, 2.45) is 5.73 Å². The summed E-state index contributed by atoms with van der Waals surface area (Å²) >= 11 is 0. The summed E-state index contributed by atoms with van der Waals surface area (Å²) < 4.78 is 5.73. The highest BCUT2D eigenvalue weighted by Crippen LogP contribution is 2.29. The first-order chi connectivity index (χ1) is 13.2. The number of fused-ring (bicyclic) bond motifs is 1. The molecule has 0 spiro atoms. The molecule has 28 heavy (non-hydrogen) atoms. The maximum Gasteiger partial charge on any atom is 0.265 e. The average Bonchev–Trinajstić information content (AvgIpc) is 3.34. The zero-order valence-corrected chi connectivity index (χ0v) is 16.3. The quantitative estimate of drug-likeness (QED) is 0.824. The lowest BCUT2D eigenvalue weighted by Crippen LogP contribution is -2.39. The van der Waals surface area contributed by atoms with Crippen molar-refractivity contribution in [2.45, 2.75) is 31.4 Å². The number of nitrogens with two attached hydrogens (primary N) is 1. The lowest BCUT2D eigenvalue weighted by molar-refractivity contribution is -0.122. The fourth-order valence-corrected chi connectivity index (χ4v) is 3.80. The molecule has 1 saturated heterocycles. The number of para-hydroxylation sites is 1. The SMILES string of the molecule is Cl.NCC1CCCN1C(=O)c1cccc(NC(=O)C2Cc3ccccc3O2)c1. The van der Waals surface area contributed by atoms with Crippen molar-refractivity contribution in [1.29, 1.82) is 0 Å². The van der Waals surface area contributed by atoms with Gasteiger partial charge < -0.3 is 20.7 Å². The highest BCUT2D eigenvalue weighted by Gasteiger charge is 2.30. The Bertz CT molecular complexity index is 848. The zero-order valence-electron chi connectivity index (χ0n) is 15.5. The van der Waals surface area contributed by atoms with Crippen LogP contribution in [0.4, 0.5) is 5.69 Å². The van der Waals surface area contributed by atoms with Crippen molar-refractivity contribution >= 4 is 29.9 Å². The standard InChI is InChI=1S/C21H23N3O3.ClH/c22-13-17-8-4-10-24(17)21(26)15-6-3-7-16(11-15)23-20(25)19-12-14-5-1-2-9-18(14)27-19;/h1-3,5-7,9,11,17,19H,4,8,10,12-13,22H2,(H,23,25);1H. The smallest absolute Gasteiger partial charge is 0.265 e. The molecule has 3 N–H and O–H groups in total. The number of anilines is 1. The van der Waals surface area contributed by atoms with Crippen molar-refractivity contribution in [1.82, 2.24) is 4.90 Å². The third-order valence-corrected chi connectivity index (χ3v) is 5.23. The fourth-order valence-electron chi connectivity index (χ4n) is 3.80.